The highest BCUT2D eigenvalue weighted by Gasteiger charge is 2.13. The van der Waals surface area contributed by atoms with Crippen LogP contribution in [0.25, 0.3) is 0 Å². The van der Waals surface area contributed by atoms with Gasteiger partial charge >= 0.3 is 0 Å². The van der Waals surface area contributed by atoms with E-state index in [9.17, 15) is 0 Å². The van der Waals surface area contributed by atoms with Gasteiger partial charge in [0.25, 0.3) is 0 Å². The average molecular weight is 125 g/mol. The Morgan fingerprint density at radius 1 is 1.33 bits per heavy atom. The lowest BCUT2D eigenvalue weighted by molar-refractivity contribution is 0.372. The molecule has 0 aliphatic carbocycles. The fourth-order valence-electron chi connectivity index (χ4n) is 1.08. The zero-order chi connectivity index (χ0) is 7.49. The standard InChI is InChI=1S/C8H18B/c1-7(9-5)6-8(2,3)4/h7H,6H2,1-5H3. The second kappa shape index (κ2) is 3.29. The monoisotopic (exact) mass is 125 g/mol. The van der Waals surface area contributed by atoms with E-state index in [1.165, 1.54) is 6.42 Å². The van der Waals surface area contributed by atoms with Crippen LogP contribution < -0.4 is 0 Å². The molecule has 1 atom stereocenters. The normalized spacial score (nSPS) is 15.2. The molecule has 9 heavy (non-hydrogen) atoms. The van der Waals surface area contributed by atoms with Gasteiger partial charge < -0.3 is 0 Å². The molecule has 0 saturated heterocycles. The van der Waals surface area contributed by atoms with Crippen molar-refractivity contribution in [3.8, 4) is 0 Å². The van der Waals surface area contributed by atoms with E-state index in [0.717, 1.165) is 5.82 Å². The van der Waals surface area contributed by atoms with Gasteiger partial charge in [0, 0.05) is 0 Å². The Morgan fingerprint density at radius 2 is 1.78 bits per heavy atom. The van der Waals surface area contributed by atoms with Crippen LogP contribution in [0.5, 0.6) is 0 Å². The fourth-order valence-corrected chi connectivity index (χ4v) is 1.08. The van der Waals surface area contributed by atoms with Gasteiger partial charge in [-0.1, -0.05) is 46.8 Å². The summed E-state index contributed by atoms with van der Waals surface area (Å²) in [5, 5.41) is 0. The first-order valence-corrected chi connectivity index (χ1v) is 3.75. The van der Waals surface area contributed by atoms with Gasteiger partial charge in [-0.2, -0.15) is 0 Å². The molecule has 0 nitrogen and oxygen atoms in total. The quantitative estimate of drug-likeness (QED) is 0.497. The van der Waals surface area contributed by atoms with Crippen LogP contribution in [0.15, 0.2) is 0 Å². The Morgan fingerprint density at radius 3 is 1.89 bits per heavy atom. The minimum absolute atomic E-state index is 0.492. The molecule has 0 aromatic heterocycles. The molecule has 0 aromatic carbocycles. The highest BCUT2D eigenvalue weighted by atomic mass is 14.1. The Kier molecular flexibility index (Phi) is 3.31. The van der Waals surface area contributed by atoms with Crippen molar-refractivity contribution in [2.75, 3.05) is 0 Å². The van der Waals surface area contributed by atoms with E-state index in [2.05, 4.69) is 41.8 Å². The minimum Gasteiger partial charge on any atom is -0.0917 e. The van der Waals surface area contributed by atoms with Crippen molar-refractivity contribution >= 4 is 7.28 Å². The molecular formula is C8H18B. The smallest absolute Gasteiger partial charge is 0.0917 e. The summed E-state index contributed by atoms with van der Waals surface area (Å²) in [7, 11) is 2.27. The van der Waals surface area contributed by atoms with E-state index >= 15 is 0 Å². The molecule has 1 unspecified atom stereocenters. The number of hydrogen-bond donors (Lipinski definition) is 0. The maximum absolute atomic E-state index is 2.28. The molecule has 0 fully saturated rings. The Balaban J connectivity index is 3.47. The Labute approximate surface area is 60.3 Å². The van der Waals surface area contributed by atoms with Gasteiger partial charge in [-0.3, -0.25) is 0 Å². The Bertz CT molecular complexity index is 71.1. The molecular weight excluding hydrogens is 107 g/mol. The second-order valence-electron chi connectivity index (χ2n) is 4.08. The summed E-state index contributed by atoms with van der Waals surface area (Å²) in [5.41, 5.74) is 0.492. The third-order valence-corrected chi connectivity index (χ3v) is 1.50. The molecule has 0 N–H and O–H groups in total. The second-order valence-corrected chi connectivity index (χ2v) is 4.08. The van der Waals surface area contributed by atoms with Crippen LogP contribution in [0.3, 0.4) is 0 Å². The molecule has 0 saturated carbocycles. The average Bonchev–Trinajstić information content (AvgIpc) is 1.62. The summed E-state index contributed by atoms with van der Waals surface area (Å²) in [5.74, 6) is 0.769. The van der Waals surface area contributed by atoms with E-state index in [1.807, 2.05) is 0 Å². The van der Waals surface area contributed by atoms with Crippen molar-refractivity contribution < 1.29 is 0 Å². The molecule has 0 aliphatic rings. The molecule has 0 heterocycles. The van der Waals surface area contributed by atoms with Crippen LogP contribution in [-0.4, -0.2) is 7.28 Å². The largest absolute Gasteiger partial charge is 0.109 e. The van der Waals surface area contributed by atoms with Crippen LogP contribution in [0.2, 0.25) is 12.6 Å². The summed E-state index contributed by atoms with van der Waals surface area (Å²) in [4.78, 5) is 0. The summed E-state index contributed by atoms with van der Waals surface area (Å²) in [6.45, 7) is 11.3. The first-order chi connectivity index (χ1) is 3.95. The predicted molar refractivity (Wildman–Crippen MR) is 45.1 cm³/mol. The van der Waals surface area contributed by atoms with Gasteiger partial charge in [-0.15, -0.1) is 0 Å². The van der Waals surface area contributed by atoms with Gasteiger partial charge in [-0.05, 0) is 5.41 Å². The summed E-state index contributed by atoms with van der Waals surface area (Å²) < 4.78 is 0. The summed E-state index contributed by atoms with van der Waals surface area (Å²) >= 11 is 0. The number of hydrogen-bond acceptors (Lipinski definition) is 0. The molecule has 0 spiro atoms. The topological polar surface area (TPSA) is 0 Å². The molecule has 0 rings (SSSR count). The van der Waals surface area contributed by atoms with E-state index in [1.54, 1.807) is 0 Å². The SMILES string of the molecule is C[B]C(C)CC(C)(C)C. The molecule has 1 radical (unpaired) electrons. The van der Waals surface area contributed by atoms with Crippen molar-refractivity contribution in [3.63, 3.8) is 0 Å². The van der Waals surface area contributed by atoms with Crippen molar-refractivity contribution in [2.24, 2.45) is 5.41 Å². The van der Waals surface area contributed by atoms with E-state index < -0.39 is 0 Å². The van der Waals surface area contributed by atoms with Crippen molar-refractivity contribution in [3.05, 3.63) is 0 Å². The third kappa shape index (κ3) is 5.94. The van der Waals surface area contributed by atoms with Crippen LogP contribution in [0.1, 0.15) is 34.1 Å². The van der Waals surface area contributed by atoms with Crippen LogP contribution in [-0.2, 0) is 0 Å². The van der Waals surface area contributed by atoms with Crippen molar-refractivity contribution in [1.82, 2.24) is 0 Å². The van der Waals surface area contributed by atoms with Gasteiger partial charge in [0.1, 0.15) is 7.28 Å². The van der Waals surface area contributed by atoms with Crippen LogP contribution in [0, 0.1) is 5.41 Å². The minimum atomic E-state index is 0.492. The van der Waals surface area contributed by atoms with E-state index in [0.29, 0.717) is 5.41 Å². The molecule has 0 bridgehead atoms. The van der Waals surface area contributed by atoms with Crippen LogP contribution in [0.4, 0.5) is 0 Å². The van der Waals surface area contributed by atoms with Crippen molar-refractivity contribution in [2.45, 2.75) is 46.8 Å². The highest BCUT2D eigenvalue weighted by Crippen LogP contribution is 2.26. The molecule has 53 valence electrons. The first-order valence-electron chi connectivity index (χ1n) is 3.75. The molecule has 0 amide bonds. The van der Waals surface area contributed by atoms with Gasteiger partial charge in [0.15, 0.2) is 0 Å². The summed E-state index contributed by atoms with van der Waals surface area (Å²) in [6, 6.07) is 0. The van der Waals surface area contributed by atoms with Gasteiger partial charge in [-0.25, -0.2) is 0 Å². The molecule has 1 heteroatoms. The van der Waals surface area contributed by atoms with Gasteiger partial charge in [0.05, 0.1) is 0 Å². The van der Waals surface area contributed by atoms with Gasteiger partial charge in [0.2, 0.25) is 0 Å². The zero-order valence-corrected chi connectivity index (χ0v) is 7.36. The number of rotatable bonds is 2. The van der Waals surface area contributed by atoms with E-state index in [4.69, 9.17) is 0 Å². The lowest BCUT2D eigenvalue weighted by atomic mass is 9.63. The maximum atomic E-state index is 2.28. The van der Waals surface area contributed by atoms with Crippen LogP contribution >= 0.6 is 0 Å². The highest BCUT2D eigenvalue weighted by molar-refractivity contribution is 6.35. The zero-order valence-electron chi connectivity index (χ0n) is 7.36. The first kappa shape index (κ1) is 9.06. The third-order valence-electron chi connectivity index (χ3n) is 1.50. The van der Waals surface area contributed by atoms with E-state index in [-0.39, 0.29) is 0 Å². The summed E-state index contributed by atoms with van der Waals surface area (Å²) in [6.07, 6.45) is 1.30. The lowest BCUT2D eigenvalue weighted by Gasteiger charge is -2.21. The lowest BCUT2D eigenvalue weighted by Crippen LogP contribution is -2.10. The molecule has 0 aromatic rings. The molecule has 0 aliphatic heterocycles. The predicted octanol–water partition coefficient (Wildman–Crippen LogP) is 2.98. The maximum Gasteiger partial charge on any atom is 0.109 e. The Hall–Kier alpha value is 0.0649. The fraction of sp³-hybridized carbons (Fsp3) is 1.00. The van der Waals surface area contributed by atoms with Crippen molar-refractivity contribution in [1.29, 1.82) is 0 Å².